The van der Waals surface area contributed by atoms with Crippen LogP contribution in [0.4, 0.5) is 4.79 Å². The lowest BCUT2D eigenvalue weighted by Crippen LogP contribution is -2.51. The molecule has 1 atom stereocenters. The predicted molar refractivity (Wildman–Crippen MR) is 79.2 cm³/mol. The maximum Gasteiger partial charge on any atom is 0.409 e. The van der Waals surface area contributed by atoms with Crippen LogP contribution in [0.25, 0.3) is 0 Å². The molecule has 0 aromatic heterocycles. The summed E-state index contributed by atoms with van der Waals surface area (Å²) >= 11 is 0. The second-order valence-electron chi connectivity index (χ2n) is 5.88. The minimum Gasteiger partial charge on any atom is -0.450 e. The highest BCUT2D eigenvalue weighted by molar-refractivity contribution is 5.67. The third-order valence-electron chi connectivity index (χ3n) is 4.19. The summed E-state index contributed by atoms with van der Waals surface area (Å²) < 4.78 is 10.7. The Bertz CT molecular complexity index is 313. The first-order chi connectivity index (χ1) is 10.2. The number of carbonyl (C=O) groups is 1. The molecule has 0 bridgehead atoms. The molecule has 122 valence electrons. The summed E-state index contributed by atoms with van der Waals surface area (Å²) in [7, 11) is 0. The number of ether oxygens (including phenoxy) is 2. The molecular weight excluding hydrogens is 272 g/mol. The first-order valence-electron chi connectivity index (χ1n) is 8.12. The average molecular weight is 300 g/mol. The molecule has 1 aliphatic heterocycles. The number of aliphatic hydroxyl groups excluding tert-OH is 1. The van der Waals surface area contributed by atoms with E-state index in [1.165, 1.54) is 12.8 Å². The van der Waals surface area contributed by atoms with Crippen LogP contribution in [0, 0.1) is 0 Å². The van der Waals surface area contributed by atoms with Crippen molar-refractivity contribution in [3.8, 4) is 0 Å². The van der Waals surface area contributed by atoms with Crippen LogP contribution < -0.4 is 0 Å². The van der Waals surface area contributed by atoms with Gasteiger partial charge in [-0.15, -0.1) is 0 Å². The Morgan fingerprint density at radius 2 is 1.90 bits per heavy atom. The molecule has 1 heterocycles. The van der Waals surface area contributed by atoms with Crippen LogP contribution in [0.1, 0.15) is 32.6 Å². The fourth-order valence-electron chi connectivity index (χ4n) is 2.98. The van der Waals surface area contributed by atoms with E-state index in [0.29, 0.717) is 39.0 Å². The van der Waals surface area contributed by atoms with Crippen LogP contribution in [0.2, 0.25) is 0 Å². The smallest absolute Gasteiger partial charge is 0.409 e. The number of piperazine rings is 1. The van der Waals surface area contributed by atoms with Crippen molar-refractivity contribution in [2.75, 3.05) is 45.9 Å². The Morgan fingerprint density at radius 1 is 1.24 bits per heavy atom. The molecule has 21 heavy (non-hydrogen) atoms. The zero-order valence-electron chi connectivity index (χ0n) is 13.0. The van der Waals surface area contributed by atoms with Crippen molar-refractivity contribution in [2.24, 2.45) is 0 Å². The molecule has 2 rings (SSSR count). The molecule has 1 saturated carbocycles. The molecule has 0 aromatic rings. The highest BCUT2D eigenvalue weighted by Crippen LogP contribution is 2.21. The summed E-state index contributed by atoms with van der Waals surface area (Å²) in [4.78, 5) is 15.5. The normalized spacial score (nSPS) is 22.5. The molecule has 0 radical (unpaired) electrons. The Morgan fingerprint density at radius 3 is 2.52 bits per heavy atom. The monoisotopic (exact) mass is 300 g/mol. The SMILES string of the molecule is CCOC(=O)N1CCN(C[C@@H](O)COC2CCCC2)CC1. The van der Waals surface area contributed by atoms with Crippen molar-refractivity contribution in [3.05, 3.63) is 0 Å². The van der Waals surface area contributed by atoms with Gasteiger partial charge in [-0.2, -0.15) is 0 Å². The van der Waals surface area contributed by atoms with Gasteiger partial charge in [0.1, 0.15) is 0 Å². The molecule has 1 saturated heterocycles. The van der Waals surface area contributed by atoms with Gasteiger partial charge in [0.15, 0.2) is 0 Å². The fourth-order valence-corrected chi connectivity index (χ4v) is 2.98. The van der Waals surface area contributed by atoms with Gasteiger partial charge in [-0.3, -0.25) is 4.90 Å². The van der Waals surface area contributed by atoms with E-state index in [0.717, 1.165) is 25.9 Å². The summed E-state index contributed by atoms with van der Waals surface area (Å²) in [6.45, 7) is 6.14. The quantitative estimate of drug-likeness (QED) is 0.795. The van der Waals surface area contributed by atoms with E-state index in [1.54, 1.807) is 4.90 Å². The number of β-amino-alcohol motifs (C(OH)–C–C–N with tert-alkyl or cyclic N) is 1. The van der Waals surface area contributed by atoms with Crippen molar-refractivity contribution >= 4 is 6.09 Å². The molecule has 2 aliphatic rings. The summed E-state index contributed by atoms with van der Waals surface area (Å²) in [5, 5.41) is 10.0. The van der Waals surface area contributed by atoms with E-state index >= 15 is 0 Å². The molecule has 6 heteroatoms. The molecule has 6 nitrogen and oxygen atoms in total. The third-order valence-corrected chi connectivity index (χ3v) is 4.19. The zero-order valence-corrected chi connectivity index (χ0v) is 13.0. The van der Waals surface area contributed by atoms with Crippen LogP contribution >= 0.6 is 0 Å². The van der Waals surface area contributed by atoms with Gasteiger partial charge in [0.2, 0.25) is 0 Å². The number of hydrogen-bond acceptors (Lipinski definition) is 5. The van der Waals surface area contributed by atoms with E-state index in [2.05, 4.69) is 4.90 Å². The molecule has 0 aromatic carbocycles. The average Bonchev–Trinajstić information content (AvgIpc) is 2.99. The number of carbonyl (C=O) groups excluding carboxylic acids is 1. The first-order valence-corrected chi connectivity index (χ1v) is 8.12. The van der Waals surface area contributed by atoms with Gasteiger partial charge in [-0.1, -0.05) is 12.8 Å². The Hall–Kier alpha value is -0.850. The van der Waals surface area contributed by atoms with Crippen LogP contribution in [0.3, 0.4) is 0 Å². The van der Waals surface area contributed by atoms with Crippen LogP contribution in [0.5, 0.6) is 0 Å². The van der Waals surface area contributed by atoms with Crippen molar-refractivity contribution in [3.63, 3.8) is 0 Å². The fraction of sp³-hybridized carbons (Fsp3) is 0.933. The second-order valence-corrected chi connectivity index (χ2v) is 5.88. The highest BCUT2D eigenvalue weighted by atomic mass is 16.6. The van der Waals surface area contributed by atoms with Crippen molar-refractivity contribution < 1.29 is 19.4 Å². The Balaban J connectivity index is 1.60. The molecule has 2 fully saturated rings. The van der Waals surface area contributed by atoms with Crippen molar-refractivity contribution in [1.82, 2.24) is 9.80 Å². The lowest BCUT2D eigenvalue weighted by Gasteiger charge is -2.35. The van der Waals surface area contributed by atoms with E-state index in [1.807, 2.05) is 6.92 Å². The largest absolute Gasteiger partial charge is 0.450 e. The molecule has 1 N–H and O–H groups in total. The lowest BCUT2D eigenvalue weighted by atomic mass is 10.2. The van der Waals surface area contributed by atoms with Gasteiger partial charge in [0.05, 0.1) is 25.4 Å². The number of hydrogen-bond donors (Lipinski definition) is 1. The number of amides is 1. The number of rotatable bonds is 6. The number of aliphatic hydroxyl groups is 1. The van der Waals surface area contributed by atoms with Gasteiger partial charge in [-0.25, -0.2) is 4.79 Å². The topological polar surface area (TPSA) is 62.2 Å². The van der Waals surface area contributed by atoms with Crippen molar-refractivity contribution in [2.45, 2.75) is 44.8 Å². The van der Waals surface area contributed by atoms with E-state index in [-0.39, 0.29) is 6.09 Å². The Labute approximate surface area is 127 Å². The minimum atomic E-state index is -0.445. The van der Waals surface area contributed by atoms with Crippen LogP contribution in [-0.2, 0) is 9.47 Å². The predicted octanol–water partition coefficient (Wildman–Crippen LogP) is 1.08. The maximum absolute atomic E-state index is 11.6. The molecule has 0 spiro atoms. The van der Waals surface area contributed by atoms with Crippen LogP contribution in [0.15, 0.2) is 0 Å². The molecular formula is C15H28N2O4. The van der Waals surface area contributed by atoms with E-state index in [9.17, 15) is 9.90 Å². The standard InChI is InChI=1S/C15H28N2O4/c1-2-20-15(19)17-9-7-16(8-10-17)11-13(18)12-21-14-5-3-4-6-14/h13-14,18H,2-12H2,1H3/t13-/m1/s1. The Kier molecular flexibility index (Phi) is 6.73. The van der Waals surface area contributed by atoms with Gasteiger partial charge >= 0.3 is 6.09 Å². The lowest BCUT2D eigenvalue weighted by molar-refractivity contribution is -0.0231. The first kappa shape index (κ1) is 16.5. The molecule has 0 unspecified atom stereocenters. The molecule has 1 amide bonds. The van der Waals surface area contributed by atoms with Gasteiger partial charge in [0, 0.05) is 32.7 Å². The van der Waals surface area contributed by atoms with Crippen molar-refractivity contribution in [1.29, 1.82) is 0 Å². The zero-order chi connectivity index (χ0) is 15.1. The maximum atomic E-state index is 11.6. The summed E-state index contributed by atoms with van der Waals surface area (Å²) in [5.74, 6) is 0. The highest BCUT2D eigenvalue weighted by Gasteiger charge is 2.24. The second kappa shape index (κ2) is 8.56. The summed E-state index contributed by atoms with van der Waals surface area (Å²) in [6, 6.07) is 0. The van der Waals surface area contributed by atoms with Crippen LogP contribution in [-0.4, -0.2) is 79.1 Å². The minimum absolute atomic E-state index is 0.234. The van der Waals surface area contributed by atoms with E-state index in [4.69, 9.17) is 9.47 Å². The summed E-state index contributed by atoms with van der Waals surface area (Å²) in [6.07, 6.45) is 4.42. The van der Waals surface area contributed by atoms with Gasteiger partial charge in [0.25, 0.3) is 0 Å². The third kappa shape index (κ3) is 5.45. The van der Waals surface area contributed by atoms with Gasteiger partial charge < -0.3 is 19.5 Å². The van der Waals surface area contributed by atoms with E-state index < -0.39 is 6.10 Å². The number of nitrogens with zero attached hydrogens (tertiary/aromatic N) is 2. The summed E-state index contributed by atoms with van der Waals surface area (Å²) in [5.41, 5.74) is 0. The van der Waals surface area contributed by atoms with Gasteiger partial charge in [-0.05, 0) is 19.8 Å². The molecule has 1 aliphatic carbocycles.